The predicted octanol–water partition coefficient (Wildman–Crippen LogP) is 5.76. The first-order valence-electron chi connectivity index (χ1n) is 14.0. The van der Waals surface area contributed by atoms with E-state index in [2.05, 4.69) is 17.4 Å². The Morgan fingerprint density at radius 3 is 2.19 bits per heavy atom. The maximum Gasteiger partial charge on any atom is 0.416 e. The average Bonchev–Trinajstić information content (AvgIpc) is 2.95. The van der Waals surface area contributed by atoms with Crippen LogP contribution in [-0.2, 0) is 33.8 Å². The molecule has 0 bridgehead atoms. The van der Waals surface area contributed by atoms with Crippen LogP contribution in [0.2, 0.25) is 0 Å². The van der Waals surface area contributed by atoms with Gasteiger partial charge in [0.1, 0.15) is 0 Å². The number of rotatable bonds is 15. The number of hydrogen-bond donors (Lipinski definition) is 3. The molecule has 43 heavy (non-hydrogen) atoms. The van der Waals surface area contributed by atoms with Gasteiger partial charge in [-0.3, -0.25) is 4.79 Å². The second kappa shape index (κ2) is 14.5. The molecule has 0 aliphatic heterocycles. The van der Waals surface area contributed by atoms with Crippen molar-refractivity contribution < 1.29 is 36.6 Å². The number of hydrogen-bond acceptors (Lipinski definition) is 5. The molecule has 0 fully saturated rings. The van der Waals surface area contributed by atoms with Crippen LogP contribution in [0.1, 0.15) is 49.8 Å². The van der Waals surface area contributed by atoms with Crippen LogP contribution in [0, 0.1) is 0 Å². The van der Waals surface area contributed by atoms with Crippen LogP contribution in [0.25, 0.3) is 11.1 Å². The molecule has 7 nitrogen and oxygen atoms in total. The number of halogens is 3. The van der Waals surface area contributed by atoms with E-state index in [1.165, 1.54) is 24.7 Å². The highest BCUT2D eigenvalue weighted by Gasteiger charge is 2.34. The van der Waals surface area contributed by atoms with Crippen LogP contribution < -0.4 is 5.32 Å². The van der Waals surface area contributed by atoms with Gasteiger partial charge in [0.2, 0.25) is 10.0 Å². The van der Waals surface area contributed by atoms with E-state index in [0.29, 0.717) is 5.56 Å². The van der Waals surface area contributed by atoms with Gasteiger partial charge in [-0.1, -0.05) is 54.6 Å². The molecule has 3 aromatic rings. The molecule has 0 amide bonds. The number of aliphatic hydroxyl groups excluding tert-OH is 1. The average molecular weight is 621 g/mol. The third-order valence-corrected chi connectivity index (χ3v) is 9.16. The number of nitrogens with zero attached hydrogens (tertiary/aromatic N) is 1. The normalized spacial score (nSPS) is 13.3. The highest BCUT2D eigenvalue weighted by molar-refractivity contribution is 7.89. The Hall–Kier alpha value is -3.25. The molecule has 11 heteroatoms. The number of aryl methyl sites for hydroxylation is 2. The molecule has 0 saturated heterocycles. The monoisotopic (exact) mass is 620 g/mol. The van der Waals surface area contributed by atoms with Crippen molar-refractivity contribution in [2.24, 2.45) is 0 Å². The highest BCUT2D eigenvalue weighted by Crippen LogP contribution is 2.36. The standard InChI is InChI=1S/C32H39F3N2O5S/c1-31(2,19-7-10-23-8-5-4-6-9-23)36-21-27(38)22-37(3)43(41,42)29-17-16-26(32(33,34)35)20-28(29)25-14-11-24(12-15-25)13-18-30(39)40/h4-6,8-9,11-12,14-17,20,27,36,38H,7,10,13,18-19,21-22H2,1-3H3,(H,39,40)/t27-/m1/s1. The maximum atomic E-state index is 13.6. The van der Waals surface area contributed by atoms with Gasteiger partial charge in [-0.15, -0.1) is 0 Å². The Balaban J connectivity index is 1.72. The van der Waals surface area contributed by atoms with E-state index in [4.69, 9.17) is 5.11 Å². The zero-order chi connectivity index (χ0) is 31.8. The molecule has 1 atom stereocenters. The number of alkyl halides is 3. The van der Waals surface area contributed by atoms with Gasteiger partial charge in [-0.25, -0.2) is 8.42 Å². The fourth-order valence-corrected chi connectivity index (χ4v) is 6.15. The van der Waals surface area contributed by atoms with E-state index in [9.17, 15) is 31.5 Å². The van der Waals surface area contributed by atoms with Crippen molar-refractivity contribution in [1.29, 1.82) is 0 Å². The van der Waals surface area contributed by atoms with Gasteiger partial charge >= 0.3 is 12.1 Å². The van der Waals surface area contributed by atoms with E-state index in [1.54, 1.807) is 12.1 Å². The topological polar surface area (TPSA) is 107 Å². The number of nitrogens with one attached hydrogen (secondary N) is 1. The Morgan fingerprint density at radius 2 is 1.58 bits per heavy atom. The van der Waals surface area contributed by atoms with E-state index < -0.39 is 33.8 Å². The van der Waals surface area contributed by atoms with Crippen LogP contribution in [0.5, 0.6) is 0 Å². The van der Waals surface area contributed by atoms with Gasteiger partial charge < -0.3 is 15.5 Å². The van der Waals surface area contributed by atoms with Crippen molar-refractivity contribution in [1.82, 2.24) is 9.62 Å². The Labute approximate surface area is 251 Å². The van der Waals surface area contributed by atoms with Crippen molar-refractivity contribution in [2.45, 2.75) is 68.7 Å². The highest BCUT2D eigenvalue weighted by atomic mass is 32.2. The summed E-state index contributed by atoms with van der Waals surface area (Å²) in [6, 6.07) is 18.6. The number of aliphatic hydroxyl groups is 1. The number of carboxylic acids is 1. The first-order valence-corrected chi connectivity index (χ1v) is 15.5. The smallest absolute Gasteiger partial charge is 0.416 e. The minimum atomic E-state index is -4.69. The molecule has 3 N–H and O–H groups in total. The summed E-state index contributed by atoms with van der Waals surface area (Å²) < 4.78 is 68.8. The third-order valence-electron chi connectivity index (χ3n) is 7.28. The molecular formula is C32H39F3N2O5S. The molecule has 0 saturated carbocycles. The largest absolute Gasteiger partial charge is 0.481 e. The first kappa shape index (κ1) is 34.2. The zero-order valence-corrected chi connectivity index (χ0v) is 25.4. The number of sulfonamides is 1. The molecule has 0 heterocycles. The van der Waals surface area contributed by atoms with E-state index in [0.717, 1.165) is 41.8 Å². The zero-order valence-electron chi connectivity index (χ0n) is 24.6. The number of benzene rings is 3. The minimum Gasteiger partial charge on any atom is -0.481 e. The second-order valence-electron chi connectivity index (χ2n) is 11.3. The van der Waals surface area contributed by atoms with Crippen molar-refractivity contribution in [3.8, 4) is 11.1 Å². The van der Waals surface area contributed by atoms with Crippen molar-refractivity contribution >= 4 is 16.0 Å². The molecule has 0 unspecified atom stereocenters. The van der Waals surface area contributed by atoms with Crippen LogP contribution in [-0.4, -0.2) is 60.7 Å². The summed E-state index contributed by atoms with van der Waals surface area (Å²) >= 11 is 0. The maximum absolute atomic E-state index is 13.6. The van der Waals surface area contributed by atoms with Crippen LogP contribution >= 0.6 is 0 Å². The fraction of sp³-hybridized carbons (Fsp3) is 0.406. The van der Waals surface area contributed by atoms with Crippen molar-refractivity contribution in [2.75, 3.05) is 20.1 Å². The van der Waals surface area contributed by atoms with Crippen LogP contribution in [0.4, 0.5) is 13.2 Å². The lowest BCUT2D eigenvalue weighted by Gasteiger charge is -2.29. The van der Waals surface area contributed by atoms with Gasteiger partial charge in [0.15, 0.2) is 0 Å². The summed E-state index contributed by atoms with van der Waals surface area (Å²) in [4.78, 5) is 10.5. The number of β-amino-alcohol motifs (C(OH)–C–C–N with tert-alkyl or cyclic N) is 1. The molecule has 3 rings (SSSR count). The van der Waals surface area contributed by atoms with Crippen molar-refractivity contribution in [3.05, 3.63) is 89.5 Å². The van der Waals surface area contributed by atoms with Gasteiger partial charge in [0, 0.05) is 37.7 Å². The van der Waals surface area contributed by atoms with Crippen molar-refractivity contribution in [3.63, 3.8) is 0 Å². The summed E-state index contributed by atoms with van der Waals surface area (Å²) in [7, 11) is -3.03. The Kier molecular flexibility index (Phi) is 11.5. The molecule has 0 aliphatic rings. The summed E-state index contributed by atoms with van der Waals surface area (Å²) in [6.45, 7) is 3.86. The summed E-state index contributed by atoms with van der Waals surface area (Å²) in [6.07, 6.45) is -2.99. The summed E-state index contributed by atoms with van der Waals surface area (Å²) in [5.41, 5.74) is 0.665. The van der Waals surface area contributed by atoms with Gasteiger partial charge in [-0.2, -0.15) is 17.5 Å². The van der Waals surface area contributed by atoms with Gasteiger partial charge in [0.25, 0.3) is 0 Å². The number of carboxylic acid groups (broad SMARTS) is 1. The predicted molar refractivity (Wildman–Crippen MR) is 160 cm³/mol. The second-order valence-corrected chi connectivity index (χ2v) is 13.4. The fourth-order valence-electron chi connectivity index (χ4n) is 4.75. The van der Waals surface area contributed by atoms with Gasteiger partial charge in [-0.05, 0) is 74.4 Å². The lowest BCUT2D eigenvalue weighted by Crippen LogP contribution is -2.46. The van der Waals surface area contributed by atoms with Gasteiger partial charge in [0.05, 0.1) is 16.6 Å². The van der Waals surface area contributed by atoms with E-state index in [-0.39, 0.29) is 47.5 Å². The minimum absolute atomic E-state index is 0.116. The van der Waals surface area contributed by atoms with E-state index >= 15 is 0 Å². The Bertz CT molecular complexity index is 1460. The number of carbonyl (C=O) groups is 1. The third kappa shape index (κ3) is 10.2. The molecule has 0 spiro atoms. The Morgan fingerprint density at radius 1 is 0.953 bits per heavy atom. The molecule has 234 valence electrons. The summed E-state index contributed by atoms with van der Waals surface area (Å²) in [5, 5.41) is 22.9. The van der Waals surface area contributed by atoms with E-state index in [1.807, 2.05) is 32.0 Å². The molecule has 0 aliphatic carbocycles. The molecule has 0 radical (unpaired) electrons. The molecule has 3 aromatic carbocycles. The first-order chi connectivity index (χ1) is 20.1. The summed E-state index contributed by atoms with van der Waals surface area (Å²) in [5.74, 6) is -0.984. The number of aliphatic carboxylic acids is 1. The van der Waals surface area contributed by atoms with Crippen LogP contribution in [0.15, 0.2) is 77.7 Å². The SMILES string of the molecule is CN(C[C@H](O)CNC(C)(C)CCCc1ccccc1)S(=O)(=O)c1ccc(C(F)(F)F)cc1-c1ccc(CCC(=O)O)cc1. The quantitative estimate of drug-likeness (QED) is 0.200. The molecule has 0 aromatic heterocycles. The number of likely N-dealkylation sites (N-methyl/N-ethyl adjacent to an activating group) is 1. The van der Waals surface area contributed by atoms with Crippen LogP contribution in [0.3, 0.4) is 0 Å². The lowest BCUT2D eigenvalue weighted by atomic mass is 9.95. The molecular weight excluding hydrogens is 581 g/mol. The lowest BCUT2D eigenvalue weighted by molar-refractivity contribution is -0.138.